The number of carbonyl (C=O) groups is 1. The largest absolute Gasteiger partial charge is 0.444 e. The lowest BCUT2D eigenvalue weighted by Crippen LogP contribution is -2.45. The molecule has 7 heteroatoms. The molecule has 2 aromatic rings. The summed E-state index contributed by atoms with van der Waals surface area (Å²) in [7, 11) is 0. The van der Waals surface area contributed by atoms with Gasteiger partial charge in [-0.1, -0.05) is 6.07 Å². The topological polar surface area (TPSA) is 70.4 Å². The minimum atomic E-state index is 0.0143. The molecule has 6 nitrogen and oxygen atoms in total. The molecule has 4 rings (SSSR count). The van der Waals surface area contributed by atoms with E-state index in [0.717, 1.165) is 62.6 Å². The first-order chi connectivity index (χ1) is 12.8. The lowest BCUT2D eigenvalue weighted by molar-refractivity contribution is -0.123. The molecule has 4 heterocycles. The van der Waals surface area contributed by atoms with Crippen LogP contribution in [-0.2, 0) is 11.3 Å². The fourth-order valence-corrected chi connectivity index (χ4v) is 4.52. The van der Waals surface area contributed by atoms with Crippen molar-refractivity contribution in [1.82, 2.24) is 20.5 Å². The molecule has 2 unspecified atom stereocenters. The number of oxazole rings is 1. The van der Waals surface area contributed by atoms with Gasteiger partial charge >= 0.3 is 0 Å². The molecule has 26 heavy (non-hydrogen) atoms. The summed E-state index contributed by atoms with van der Waals surface area (Å²) >= 11 is 1.64. The predicted octanol–water partition coefficient (Wildman–Crippen LogP) is 2.48. The van der Waals surface area contributed by atoms with Gasteiger partial charge in [-0.15, -0.1) is 11.3 Å². The molecular weight excluding hydrogens is 348 g/mol. The first-order valence-electron chi connectivity index (χ1n) is 9.49. The van der Waals surface area contributed by atoms with Crippen LogP contribution in [-0.4, -0.2) is 48.0 Å². The van der Waals surface area contributed by atoms with Gasteiger partial charge in [0.25, 0.3) is 0 Å². The number of likely N-dealkylation sites (tertiary alicyclic amines) is 1. The Morgan fingerprint density at radius 1 is 1.42 bits per heavy atom. The number of thiophene rings is 1. The second kappa shape index (κ2) is 8.33. The first kappa shape index (κ1) is 17.7. The van der Waals surface area contributed by atoms with E-state index in [9.17, 15) is 4.79 Å². The van der Waals surface area contributed by atoms with Gasteiger partial charge in [-0.05, 0) is 56.1 Å². The van der Waals surface area contributed by atoms with Gasteiger partial charge in [0.15, 0.2) is 0 Å². The monoisotopic (exact) mass is 374 g/mol. The molecular formula is C19H26N4O2S. The molecule has 140 valence electrons. The lowest BCUT2D eigenvalue weighted by Gasteiger charge is -2.32. The highest BCUT2D eigenvalue weighted by molar-refractivity contribution is 7.13. The average molecular weight is 375 g/mol. The van der Waals surface area contributed by atoms with Gasteiger partial charge in [-0.2, -0.15) is 0 Å². The van der Waals surface area contributed by atoms with Gasteiger partial charge in [0, 0.05) is 19.6 Å². The molecule has 2 aromatic heterocycles. The Labute approximate surface area is 158 Å². The SMILES string of the molecule is O=C(NCC1CCCN(Cc2coc(-c3cccs3)n2)C1)C1CCCN1. The second-order valence-corrected chi connectivity index (χ2v) is 8.21. The number of nitrogens with one attached hydrogen (secondary N) is 2. The van der Waals surface area contributed by atoms with Crippen LogP contribution in [0.25, 0.3) is 10.8 Å². The van der Waals surface area contributed by atoms with Gasteiger partial charge in [0.2, 0.25) is 11.8 Å². The third-order valence-electron chi connectivity index (χ3n) is 5.21. The summed E-state index contributed by atoms with van der Waals surface area (Å²) in [6.45, 7) is 4.62. The van der Waals surface area contributed by atoms with Gasteiger partial charge in [0.1, 0.15) is 6.26 Å². The summed E-state index contributed by atoms with van der Waals surface area (Å²) in [4.78, 5) is 20.3. The zero-order valence-electron chi connectivity index (χ0n) is 14.9. The zero-order valence-corrected chi connectivity index (χ0v) is 15.8. The molecule has 0 aromatic carbocycles. The third kappa shape index (κ3) is 4.34. The average Bonchev–Trinajstić information content (AvgIpc) is 3.41. The first-order valence-corrected chi connectivity index (χ1v) is 10.4. The van der Waals surface area contributed by atoms with Crippen molar-refractivity contribution in [3.8, 4) is 10.8 Å². The van der Waals surface area contributed by atoms with Crippen molar-refractivity contribution in [3.63, 3.8) is 0 Å². The Morgan fingerprint density at radius 3 is 3.19 bits per heavy atom. The molecule has 0 saturated carbocycles. The summed E-state index contributed by atoms with van der Waals surface area (Å²) in [5, 5.41) is 8.43. The minimum absolute atomic E-state index is 0.0143. The van der Waals surface area contributed by atoms with E-state index in [2.05, 4.69) is 20.5 Å². The Hall–Kier alpha value is -1.70. The number of hydrogen-bond acceptors (Lipinski definition) is 6. The maximum Gasteiger partial charge on any atom is 0.237 e. The number of nitrogens with zero attached hydrogens (tertiary/aromatic N) is 2. The van der Waals surface area contributed by atoms with E-state index in [1.165, 1.54) is 6.42 Å². The molecule has 1 amide bonds. The Morgan fingerprint density at radius 2 is 2.38 bits per heavy atom. The van der Waals surface area contributed by atoms with Crippen LogP contribution in [0.5, 0.6) is 0 Å². The van der Waals surface area contributed by atoms with Crippen LogP contribution in [0.3, 0.4) is 0 Å². The van der Waals surface area contributed by atoms with Gasteiger partial charge < -0.3 is 15.1 Å². The van der Waals surface area contributed by atoms with Crippen LogP contribution in [0.15, 0.2) is 28.2 Å². The summed E-state index contributed by atoms with van der Waals surface area (Å²) in [6, 6.07) is 4.05. The number of aromatic nitrogens is 1. The van der Waals surface area contributed by atoms with Crippen LogP contribution in [0, 0.1) is 5.92 Å². The van der Waals surface area contributed by atoms with E-state index in [1.54, 1.807) is 17.6 Å². The van der Waals surface area contributed by atoms with E-state index >= 15 is 0 Å². The van der Waals surface area contributed by atoms with Crippen LogP contribution >= 0.6 is 11.3 Å². The summed E-state index contributed by atoms with van der Waals surface area (Å²) < 4.78 is 5.62. The number of piperidine rings is 1. The molecule has 2 aliphatic rings. The van der Waals surface area contributed by atoms with Gasteiger partial charge in [-0.25, -0.2) is 4.98 Å². The van der Waals surface area contributed by atoms with Crippen LogP contribution < -0.4 is 10.6 Å². The lowest BCUT2D eigenvalue weighted by atomic mass is 9.97. The second-order valence-electron chi connectivity index (χ2n) is 7.26. The van der Waals surface area contributed by atoms with Crippen LogP contribution in [0.1, 0.15) is 31.4 Å². The van der Waals surface area contributed by atoms with Crippen molar-refractivity contribution in [2.75, 3.05) is 26.2 Å². The molecule has 0 bridgehead atoms. The fourth-order valence-electron chi connectivity index (χ4n) is 3.86. The normalized spacial score (nSPS) is 24.0. The highest BCUT2D eigenvalue weighted by atomic mass is 32.1. The molecule has 2 saturated heterocycles. The summed E-state index contributed by atoms with van der Waals surface area (Å²) in [5.74, 6) is 1.38. The van der Waals surface area contributed by atoms with Crippen molar-refractivity contribution >= 4 is 17.2 Å². The molecule has 0 radical (unpaired) electrons. The van der Waals surface area contributed by atoms with Crippen LogP contribution in [0.4, 0.5) is 0 Å². The number of amides is 1. The highest BCUT2D eigenvalue weighted by Crippen LogP contribution is 2.25. The van der Waals surface area contributed by atoms with Gasteiger partial charge in [-0.3, -0.25) is 9.69 Å². The number of hydrogen-bond donors (Lipinski definition) is 2. The fraction of sp³-hybridized carbons (Fsp3) is 0.579. The van der Waals surface area contributed by atoms with E-state index in [0.29, 0.717) is 11.8 Å². The van der Waals surface area contributed by atoms with Crippen molar-refractivity contribution in [2.45, 2.75) is 38.3 Å². The standard InChI is InChI=1S/C19H26N4O2S/c24-18(16-5-1-7-20-16)21-10-14-4-2-8-23(11-14)12-15-13-25-19(22-15)17-6-3-9-26-17/h3,6,9,13-14,16,20H,1-2,4-5,7-8,10-12H2,(H,21,24). The smallest absolute Gasteiger partial charge is 0.237 e. The predicted molar refractivity (Wildman–Crippen MR) is 102 cm³/mol. The quantitative estimate of drug-likeness (QED) is 0.813. The Kier molecular flexibility index (Phi) is 5.67. The van der Waals surface area contributed by atoms with Crippen molar-refractivity contribution in [3.05, 3.63) is 29.5 Å². The maximum atomic E-state index is 12.2. The molecule has 2 aliphatic heterocycles. The van der Waals surface area contributed by atoms with E-state index < -0.39 is 0 Å². The van der Waals surface area contributed by atoms with Crippen LogP contribution in [0.2, 0.25) is 0 Å². The molecule has 2 atom stereocenters. The molecule has 2 fully saturated rings. The Balaban J connectivity index is 1.26. The third-order valence-corrected chi connectivity index (χ3v) is 6.07. The number of carbonyl (C=O) groups excluding carboxylic acids is 1. The molecule has 0 spiro atoms. The molecule has 0 aliphatic carbocycles. The highest BCUT2D eigenvalue weighted by Gasteiger charge is 2.25. The zero-order chi connectivity index (χ0) is 17.8. The van der Waals surface area contributed by atoms with Crippen molar-refractivity contribution in [2.24, 2.45) is 5.92 Å². The minimum Gasteiger partial charge on any atom is -0.444 e. The van der Waals surface area contributed by atoms with Crippen molar-refractivity contribution < 1.29 is 9.21 Å². The van der Waals surface area contributed by atoms with Crippen molar-refractivity contribution in [1.29, 1.82) is 0 Å². The summed E-state index contributed by atoms with van der Waals surface area (Å²) in [6.07, 6.45) is 6.17. The molecule has 2 N–H and O–H groups in total. The van der Waals surface area contributed by atoms with E-state index in [1.807, 2.05) is 17.5 Å². The van der Waals surface area contributed by atoms with Gasteiger partial charge in [0.05, 0.1) is 16.6 Å². The number of rotatable bonds is 6. The Bertz CT molecular complexity index is 709. The summed E-state index contributed by atoms with van der Waals surface area (Å²) in [5.41, 5.74) is 0.980. The van der Waals surface area contributed by atoms with E-state index in [-0.39, 0.29) is 11.9 Å². The van der Waals surface area contributed by atoms with E-state index in [4.69, 9.17) is 4.42 Å². The maximum absolute atomic E-state index is 12.2.